The summed E-state index contributed by atoms with van der Waals surface area (Å²) in [6.45, 7) is 3.90. The van der Waals surface area contributed by atoms with Crippen molar-refractivity contribution in [2.24, 2.45) is 0 Å². The molecule has 1 amide bonds. The molecule has 0 bridgehead atoms. The van der Waals surface area contributed by atoms with E-state index in [1.165, 1.54) is 11.8 Å². The standard InChI is InChI=1S/C29H25BrClN5O3S/c1-3-39-27(38)20-8-14-23(15-9-20)33-26(37)24-17(2)32-28-34-29(40-16-18-4-12-22(31)13-5-18)35-36(28)25(24)19-6-10-21(30)11-7-19/h4-15,25H,3,16H2,1-2H3,(H,33,37)(H,32,34,35). The number of aromatic nitrogens is 3. The molecular formula is C29H25BrClN5O3S. The third-order valence-electron chi connectivity index (χ3n) is 6.20. The van der Waals surface area contributed by atoms with Gasteiger partial charge in [-0.15, -0.1) is 5.10 Å². The molecule has 0 fully saturated rings. The number of fused-ring (bicyclic) bond motifs is 1. The third kappa shape index (κ3) is 6.24. The van der Waals surface area contributed by atoms with Gasteiger partial charge in [0, 0.05) is 26.6 Å². The number of nitrogens with one attached hydrogen (secondary N) is 2. The van der Waals surface area contributed by atoms with Crippen molar-refractivity contribution in [3.05, 3.63) is 110 Å². The van der Waals surface area contributed by atoms with Crippen LogP contribution in [-0.2, 0) is 15.3 Å². The number of rotatable bonds is 8. The van der Waals surface area contributed by atoms with Crippen LogP contribution in [0, 0.1) is 0 Å². The summed E-state index contributed by atoms with van der Waals surface area (Å²) >= 11 is 11.0. The van der Waals surface area contributed by atoms with Crippen LogP contribution in [0.4, 0.5) is 11.6 Å². The highest BCUT2D eigenvalue weighted by atomic mass is 79.9. The van der Waals surface area contributed by atoms with E-state index in [1.807, 2.05) is 55.5 Å². The van der Waals surface area contributed by atoms with Crippen LogP contribution in [0.5, 0.6) is 0 Å². The second-order valence-electron chi connectivity index (χ2n) is 8.95. The molecule has 4 aromatic rings. The average Bonchev–Trinajstić information content (AvgIpc) is 3.35. The van der Waals surface area contributed by atoms with Crippen LogP contribution in [0.15, 0.2) is 93.7 Å². The van der Waals surface area contributed by atoms with Gasteiger partial charge in [0.1, 0.15) is 6.04 Å². The maximum absolute atomic E-state index is 13.7. The summed E-state index contributed by atoms with van der Waals surface area (Å²) in [7, 11) is 0. The molecule has 11 heteroatoms. The van der Waals surface area contributed by atoms with Crippen LogP contribution in [0.25, 0.3) is 0 Å². The molecule has 0 saturated heterocycles. The smallest absolute Gasteiger partial charge is 0.338 e. The van der Waals surface area contributed by atoms with Gasteiger partial charge in [-0.3, -0.25) is 4.79 Å². The lowest BCUT2D eigenvalue weighted by atomic mass is 9.95. The molecule has 5 rings (SSSR count). The van der Waals surface area contributed by atoms with Crippen molar-refractivity contribution in [3.8, 4) is 0 Å². The van der Waals surface area contributed by atoms with Gasteiger partial charge >= 0.3 is 5.97 Å². The Labute approximate surface area is 249 Å². The first-order valence-electron chi connectivity index (χ1n) is 12.5. The van der Waals surface area contributed by atoms with Gasteiger partial charge in [-0.1, -0.05) is 63.6 Å². The number of nitrogens with zero attached hydrogens (tertiary/aromatic N) is 3. The van der Waals surface area contributed by atoms with Crippen molar-refractivity contribution in [3.63, 3.8) is 0 Å². The minimum absolute atomic E-state index is 0.292. The minimum atomic E-state index is -0.513. The van der Waals surface area contributed by atoms with Crippen LogP contribution in [0.1, 0.15) is 41.4 Å². The lowest BCUT2D eigenvalue weighted by molar-refractivity contribution is -0.113. The average molecular weight is 639 g/mol. The SMILES string of the molecule is CCOC(=O)c1ccc(NC(=O)C2=C(C)Nc3nc(SCc4ccc(Cl)cc4)nn3C2c2ccc(Br)cc2)cc1. The Morgan fingerprint density at radius 1 is 1.07 bits per heavy atom. The van der Waals surface area contributed by atoms with Gasteiger partial charge in [0.15, 0.2) is 0 Å². The summed E-state index contributed by atoms with van der Waals surface area (Å²) in [5.41, 5.74) is 4.12. The summed E-state index contributed by atoms with van der Waals surface area (Å²) in [5, 5.41) is 12.3. The Morgan fingerprint density at radius 3 is 2.45 bits per heavy atom. The lowest BCUT2D eigenvalue weighted by Crippen LogP contribution is -2.31. The number of halogens is 2. The highest BCUT2D eigenvalue weighted by molar-refractivity contribution is 9.10. The molecule has 8 nitrogen and oxygen atoms in total. The van der Waals surface area contributed by atoms with E-state index in [9.17, 15) is 9.59 Å². The molecule has 2 heterocycles. The van der Waals surface area contributed by atoms with E-state index >= 15 is 0 Å². The van der Waals surface area contributed by atoms with Crippen LogP contribution in [0.3, 0.4) is 0 Å². The summed E-state index contributed by atoms with van der Waals surface area (Å²) in [4.78, 5) is 30.4. The summed E-state index contributed by atoms with van der Waals surface area (Å²) in [6.07, 6.45) is 0. The number of carbonyl (C=O) groups is 2. The first-order valence-corrected chi connectivity index (χ1v) is 14.6. The van der Waals surface area contributed by atoms with Gasteiger partial charge in [0.2, 0.25) is 11.1 Å². The lowest BCUT2D eigenvalue weighted by Gasteiger charge is -2.28. The van der Waals surface area contributed by atoms with Crippen molar-refractivity contribution in [2.75, 3.05) is 17.2 Å². The number of benzene rings is 3. The molecule has 0 aliphatic carbocycles. The second kappa shape index (κ2) is 12.3. The molecule has 40 heavy (non-hydrogen) atoms. The van der Waals surface area contributed by atoms with Gasteiger partial charge in [-0.25, -0.2) is 9.48 Å². The number of carbonyl (C=O) groups excluding carboxylic acids is 2. The fraction of sp³-hybridized carbons (Fsp3) is 0.172. The predicted molar refractivity (Wildman–Crippen MR) is 161 cm³/mol. The number of amides is 1. The third-order valence-corrected chi connectivity index (χ3v) is 7.89. The minimum Gasteiger partial charge on any atom is -0.462 e. The molecule has 2 N–H and O–H groups in total. The fourth-order valence-corrected chi connectivity index (χ4v) is 5.45. The van der Waals surface area contributed by atoms with Gasteiger partial charge in [0.25, 0.3) is 5.91 Å². The summed E-state index contributed by atoms with van der Waals surface area (Å²) < 4.78 is 7.72. The molecule has 1 aliphatic heterocycles. The number of hydrogen-bond acceptors (Lipinski definition) is 7. The van der Waals surface area contributed by atoms with Gasteiger partial charge in [-0.05, 0) is 73.5 Å². The zero-order valence-corrected chi connectivity index (χ0v) is 24.8. The summed E-state index contributed by atoms with van der Waals surface area (Å²) in [6, 6.07) is 21.5. The number of anilines is 2. The molecule has 1 aliphatic rings. The zero-order valence-electron chi connectivity index (χ0n) is 21.7. The Bertz CT molecular complexity index is 1570. The maximum Gasteiger partial charge on any atom is 0.338 e. The highest BCUT2D eigenvalue weighted by Gasteiger charge is 2.34. The number of hydrogen-bond donors (Lipinski definition) is 2. The number of ether oxygens (including phenoxy) is 1. The van der Waals surface area contributed by atoms with Crippen molar-refractivity contribution < 1.29 is 14.3 Å². The van der Waals surface area contributed by atoms with Gasteiger partial charge < -0.3 is 15.4 Å². The fourth-order valence-electron chi connectivity index (χ4n) is 4.27. The Kier molecular flexibility index (Phi) is 8.58. The van der Waals surface area contributed by atoms with Crippen LogP contribution < -0.4 is 10.6 Å². The van der Waals surface area contributed by atoms with Crippen LogP contribution in [0.2, 0.25) is 5.02 Å². The largest absolute Gasteiger partial charge is 0.462 e. The van der Waals surface area contributed by atoms with E-state index in [1.54, 1.807) is 35.9 Å². The molecule has 1 aromatic heterocycles. The molecule has 1 unspecified atom stereocenters. The predicted octanol–water partition coefficient (Wildman–Crippen LogP) is 7.09. The van der Waals surface area contributed by atoms with Crippen molar-refractivity contribution in [2.45, 2.75) is 30.8 Å². The topological polar surface area (TPSA) is 98.1 Å². The van der Waals surface area contributed by atoms with Crippen molar-refractivity contribution in [1.29, 1.82) is 0 Å². The number of allylic oxidation sites excluding steroid dienone is 1. The molecule has 0 saturated carbocycles. The van der Waals surface area contributed by atoms with Gasteiger partial charge in [0.05, 0.1) is 17.7 Å². The molecular weight excluding hydrogens is 614 g/mol. The maximum atomic E-state index is 13.7. The summed E-state index contributed by atoms with van der Waals surface area (Å²) in [5.74, 6) is 0.525. The van der Waals surface area contributed by atoms with Crippen molar-refractivity contribution >= 4 is 62.8 Å². The first kappa shape index (κ1) is 27.9. The number of esters is 1. The Morgan fingerprint density at radius 2 is 1.77 bits per heavy atom. The normalized spacial score (nSPS) is 14.3. The van der Waals surface area contributed by atoms with E-state index in [-0.39, 0.29) is 5.91 Å². The molecule has 3 aromatic carbocycles. The van der Waals surface area contributed by atoms with Crippen LogP contribution >= 0.6 is 39.3 Å². The number of thioether (sulfide) groups is 1. The van der Waals surface area contributed by atoms with Crippen LogP contribution in [-0.4, -0.2) is 33.2 Å². The zero-order chi connectivity index (χ0) is 28.2. The quantitative estimate of drug-likeness (QED) is 0.157. The van der Waals surface area contributed by atoms with E-state index in [2.05, 4.69) is 26.6 Å². The van der Waals surface area contributed by atoms with E-state index in [4.69, 9.17) is 26.4 Å². The molecule has 0 spiro atoms. The van der Waals surface area contributed by atoms with E-state index < -0.39 is 12.0 Å². The monoisotopic (exact) mass is 637 g/mol. The Balaban J connectivity index is 1.42. The first-order chi connectivity index (χ1) is 19.3. The van der Waals surface area contributed by atoms with Gasteiger partial charge in [-0.2, -0.15) is 4.98 Å². The highest BCUT2D eigenvalue weighted by Crippen LogP contribution is 2.37. The molecule has 0 radical (unpaired) electrons. The Hall–Kier alpha value is -3.60. The van der Waals surface area contributed by atoms with E-state index in [0.29, 0.717) is 51.0 Å². The van der Waals surface area contributed by atoms with E-state index in [0.717, 1.165) is 15.6 Å². The molecule has 1 atom stereocenters. The second-order valence-corrected chi connectivity index (χ2v) is 11.2. The van der Waals surface area contributed by atoms with Crippen molar-refractivity contribution in [1.82, 2.24) is 14.8 Å². The molecule has 204 valence electrons.